The number of amides is 1. The van der Waals surface area contributed by atoms with Gasteiger partial charge >= 0.3 is 0 Å². The van der Waals surface area contributed by atoms with E-state index in [2.05, 4.69) is 21.9 Å². The number of imidazole rings is 1. The van der Waals surface area contributed by atoms with Crippen LogP contribution >= 0.6 is 11.3 Å². The Bertz CT molecular complexity index is 1000. The number of benzene rings is 1. The smallest absolute Gasteiger partial charge is 0.265 e. The van der Waals surface area contributed by atoms with E-state index in [1.807, 2.05) is 52.7 Å². The molecule has 3 aromatic heterocycles. The van der Waals surface area contributed by atoms with E-state index in [0.29, 0.717) is 11.4 Å². The van der Waals surface area contributed by atoms with Crippen LogP contribution in [-0.4, -0.2) is 25.2 Å². The Morgan fingerprint density at radius 2 is 2.20 bits per heavy atom. The van der Waals surface area contributed by atoms with Crippen LogP contribution in [0.5, 0.6) is 0 Å². The van der Waals surface area contributed by atoms with E-state index in [4.69, 9.17) is 4.98 Å². The molecule has 1 amide bonds. The molecule has 7 heteroatoms. The van der Waals surface area contributed by atoms with Crippen molar-refractivity contribution < 1.29 is 4.79 Å². The van der Waals surface area contributed by atoms with Gasteiger partial charge in [0, 0.05) is 24.6 Å². The summed E-state index contributed by atoms with van der Waals surface area (Å²) in [6, 6.07) is 11.4. The first-order valence-corrected chi connectivity index (χ1v) is 8.94. The lowest BCUT2D eigenvalue weighted by molar-refractivity contribution is 0.103. The van der Waals surface area contributed by atoms with E-state index in [-0.39, 0.29) is 5.91 Å². The summed E-state index contributed by atoms with van der Waals surface area (Å²) in [6.07, 6.45) is 3.68. The normalized spacial score (nSPS) is 11.1. The van der Waals surface area contributed by atoms with Crippen molar-refractivity contribution in [3.05, 3.63) is 64.9 Å². The Balaban J connectivity index is 1.65. The van der Waals surface area contributed by atoms with Crippen LogP contribution in [0.15, 0.2) is 54.2 Å². The fourth-order valence-electron chi connectivity index (χ4n) is 2.87. The van der Waals surface area contributed by atoms with Crippen molar-refractivity contribution >= 4 is 34.0 Å². The number of anilines is 1. The molecular weight excluding hydrogens is 334 g/mol. The number of nitrogens with zero attached hydrogens (tertiary/aromatic N) is 4. The number of carbonyl (C=O) groups is 1. The van der Waals surface area contributed by atoms with Crippen LogP contribution in [0.1, 0.15) is 22.4 Å². The first kappa shape index (κ1) is 15.6. The molecule has 0 fully saturated rings. The Labute approximate surface area is 148 Å². The molecule has 0 spiro atoms. The molecule has 4 aromatic rings. The lowest BCUT2D eigenvalue weighted by Gasteiger charge is -2.07. The third-order valence-corrected chi connectivity index (χ3v) is 4.88. The summed E-state index contributed by atoms with van der Waals surface area (Å²) in [5.74, 6) is 0.851. The maximum Gasteiger partial charge on any atom is 0.265 e. The second-order valence-corrected chi connectivity index (χ2v) is 6.56. The van der Waals surface area contributed by atoms with Crippen molar-refractivity contribution in [2.24, 2.45) is 0 Å². The average Bonchev–Trinajstić information content (AvgIpc) is 3.35. The van der Waals surface area contributed by atoms with Crippen LogP contribution in [0, 0.1) is 0 Å². The molecule has 0 unspecified atom stereocenters. The van der Waals surface area contributed by atoms with Gasteiger partial charge in [-0.25, -0.2) is 4.98 Å². The van der Waals surface area contributed by atoms with Gasteiger partial charge in [-0.2, -0.15) is 5.10 Å². The van der Waals surface area contributed by atoms with Crippen molar-refractivity contribution in [1.29, 1.82) is 0 Å². The summed E-state index contributed by atoms with van der Waals surface area (Å²) in [7, 11) is 0. The minimum atomic E-state index is -0.0963. The third-order valence-electron chi connectivity index (χ3n) is 4.01. The van der Waals surface area contributed by atoms with Gasteiger partial charge in [-0.15, -0.1) is 11.3 Å². The molecule has 0 aliphatic carbocycles. The number of carbonyl (C=O) groups excluding carboxylic acids is 1. The van der Waals surface area contributed by atoms with E-state index in [0.717, 1.165) is 29.1 Å². The lowest BCUT2D eigenvalue weighted by Crippen LogP contribution is -2.09. The molecule has 0 saturated carbocycles. The monoisotopic (exact) mass is 351 g/mol. The van der Waals surface area contributed by atoms with Crippen LogP contribution in [0.25, 0.3) is 11.0 Å². The average molecular weight is 351 g/mol. The largest absolute Gasteiger partial charge is 0.327 e. The van der Waals surface area contributed by atoms with Crippen molar-refractivity contribution in [2.45, 2.75) is 20.0 Å². The van der Waals surface area contributed by atoms with Crippen molar-refractivity contribution in [3.8, 4) is 0 Å². The van der Waals surface area contributed by atoms with E-state index >= 15 is 0 Å². The number of thiophene rings is 1. The maximum atomic E-state index is 12.2. The fraction of sp³-hybridized carbons (Fsp3) is 0.167. The second kappa shape index (κ2) is 6.52. The SMILES string of the molecule is CCn1c(Cn2cccn2)nc2cc(NC(=O)c3cccs3)ccc21. The molecule has 126 valence electrons. The molecule has 0 aliphatic rings. The zero-order valence-electron chi connectivity index (χ0n) is 13.7. The number of fused-ring (bicyclic) bond motifs is 1. The highest BCUT2D eigenvalue weighted by Gasteiger charge is 2.12. The maximum absolute atomic E-state index is 12.2. The first-order valence-electron chi connectivity index (χ1n) is 8.06. The summed E-state index contributed by atoms with van der Waals surface area (Å²) in [5.41, 5.74) is 2.67. The van der Waals surface area contributed by atoms with Gasteiger partial charge in [-0.3, -0.25) is 9.48 Å². The van der Waals surface area contributed by atoms with E-state index < -0.39 is 0 Å². The van der Waals surface area contributed by atoms with E-state index in [1.165, 1.54) is 11.3 Å². The quantitative estimate of drug-likeness (QED) is 0.597. The number of rotatable bonds is 5. The van der Waals surface area contributed by atoms with Crippen molar-refractivity contribution in [2.75, 3.05) is 5.32 Å². The van der Waals surface area contributed by atoms with Crippen LogP contribution in [0.3, 0.4) is 0 Å². The zero-order chi connectivity index (χ0) is 17.2. The number of aromatic nitrogens is 4. The van der Waals surface area contributed by atoms with E-state index in [1.54, 1.807) is 6.20 Å². The molecule has 0 aliphatic heterocycles. The summed E-state index contributed by atoms with van der Waals surface area (Å²) in [5, 5.41) is 9.07. The minimum Gasteiger partial charge on any atom is -0.327 e. The highest BCUT2D eigenvalue weighted by Crippen LogP contribution is 2.22. The molecule has 25 heavy (non-hydrogen) atoms. The van der Waals surface area contributed by atoms with E-state index in [9.17, 15) is 4.79 Å². The van der Waals surface area contributed by atoms with Crippen LogP contribution in [-0.2, 0) is 13.1 Å². The molecule has 1 aromatic carbocycles. The minimum absolute atomic E-state index is 0.0963. The van der Waals surface area contributed by atoms with Crippen LogP contribution < -0.4 is 5.32 Å². The molecule has 0 radical (unpaired) electrons. The predicted molar refractivity (Wildman–Crippen MR) is 99.0 cm³/mol. The third kappa shape index (κ3) is 3.06. The fourth-order valence-corrected chi connectivity index (χ4v) is 3.49. The van der Waals surface area contributed by atoms with Crippen LogP contribution in [0.2, 0.25) is 0 Å². The highest BCUT2D eigenvalue weighted by atomic mass is 32.1. The second-order valence-electron chi connectivity index (χ2n) is 5.61. The number of hydrogen-bond donors (Lipinski definition) is 1. The standard InChI is InChI=1S/C18H17N5OS/c1-2-23-15-7-6-13(20-18(24)16-5-3-10-25-16)11-14(15)21-17(23)12-22-9-4-8-19-22/h3-11H,2,12H2,1H3,(H,20,24). The Kier molecular flexibility index (Phi) is 4.07. The van der Waals surface area contributed by atoms with Gasteiger partial charge in [-0.1, -0.05) is 6.07 Å². The van der Waals surface area contributed by atoms with Gasteiger partial charge < -0.3 is 9.88 Å². The molecule has 6 nitrogen and oxygen atoms in total. The summed E-state index contributed by atoms with van der Waals surface area (Å²) < 4.78 is 4.02. The van der Waals surface area contributed by atoms with Crippen LogP contribution in [0.4, 0.5) is 5.69 Å². The molecule has 0 bridgehead atoms. The predicted octanol–water partition coefficient (Wildman–Crippen LogP) is 3.61. The summed E-state index contributed by atoms with van der Waals surface area (Å²) in [4.78, 5) is 17.6. The Morgan fingerprint density at radius 1 is 1.28 bits per heavy atom. The Morgan fingerprint density at radius 3 is 2.92 bits per heavy atom. The summed E-state index contributed by atoms with van der Waals surface area (Å²) >= 11 is 1.42. The van der Waals surface area contributed by atoms with Gasteiger partial charge in [0.1, 0.15) is 5.82 Å². The molecule has 1 N–H and O–H groups in total. The zero-order valence-corrected chi connectivity index (χ0v) is 14.5. The van der Waals surface area contributed by atoms with Crippen molar-refractivity contribution in [3.63, 3.8) is 0 Å². The molecule has 0 saturated heterocycles. The van der Waals surface area contributed by atoms with Gasteiger partial charge in [0.15, 0.2) is 0 Å². The molecule has 4 rings (SSSR count). The number of nitrogens with one attached hydrogen (secondary N) is 1. The van der Waals surface area contributed by atoms with Gasteiger partial charge in [0.05, 0.1) is 22.5 Å². The molecule has 0 atom stereocenters. The van der Waals surface area contributed by atoms with Gasteiger partial charge in [0.25, 0.3) is 5.91 Å². The van der Waals surface area contributed by atoms with Gasteiger partial charge in [-0.05, 0) is 42.6 Å². The topological polar surface area (TPSA) is 64.7 Å². The van der Waals surface area contributed by atoms with Gasteiger partial charge in [0.2, 0.25) is 0 Å². The van der Waals surface area contributed by atoms with Crippen molar-refractivity contribution in [1.82, 2.24) is 19.3 Å². The lowest BCUT2D eigenvalue weighted by atomic mass is 10.2. The number of aryl methyl sites for hydroxylation is 1. The Hall–Kier alpha value is -2.93. The highest BCUT2D eigenvalue weighted by molar-refractivity contribution is 7.12. The molecule has 3 heterocycles. The first-order chi connectivity index (χ1) is 12.2. The molecular formula is C18H17N5OS. The summed E-state index contributed by atoms with van der Waals surface area (Å²) in [6.45, 7) is 3.54. The number of hydrogen-bond acceptors (Lipinski definition) is 4.